The highest BCUT2D eigenvalue weighted by Crippen LogP contribution is 2.16. The predicted molar refractivity (Wildman–Crippen MR) is 136 cm³/mol. The molecule has 0 atom stereocenters. The summed E-state index contributed by atoms with van der Waals surface area (Å²) in [7, 11) is 0. The number of halogens is 2. The van der Waals surface area contributed by atoms with E-state index in [-0.39, 0.29) is 34.0 Å². The van der Waals surface area contributed by atoms with E-state index in [1.54, 1.807) is 0 Å². The van der Waals surface area contributed by atoms with Gasteiger partial charge in [0.2, 0.25) is 0 Å². The maximum Gasteiger partial charge on any atom is 0.169 e. The minimum Gasteiger partial charge on any atom is -1.00 e. The smallest absolute Gasteiger partial charge is 0.169 e. The number of aryl methyl sites for hydroxylation is 2. The molecule has 0 bridgehead atoms. The summed E-state index contributed by atoms with van der Waals surface area (Å²) in [4.78, 5) is 0. The first kappa shape index (κ1) is 32.6. The van der Waals surface area contributed by atoms with Crippen molar-refractivity contribution in [2.75, 3.05) is 5.75 Å². The van der Waals surface area contributed by atoms with Gasteiger partial charge < -0.3 is 34.0 Å². The Kier molecular flexibility index (Phi) is 21.8. The van der Waals surface area contributed by atoms with Gasteiger partial charge in [0.25, 0.3) is 0 Å². The fourth-order valence-electron chi connectivity index (χ4n) is 4.14. The van der Waals surface area contributed by atoms with Gasteiger partial charge in [-0.15, -0.1) is 0 Å². The molecule has 0 saturated carbocycles. The summed E-state index contributed by atoms with van der Waals surface area (Å²) >= 11 is 4.28. The molecule has 0 N–H and O–H groups in total. The van der Waals surface area contributed by atoms with E-state index in [4.69, 9.17) is 0 Å². The van der Waals surface area contributed by atoms with Gasteiger partial charge >= 0.3 is 0 Å². The molecular formula is C28H46Br2N2S. The standard InChI is InChI=1S/C28H45N2S.2BrH/c1-2-3-4-5-10-13-20-29-22-16-27(17-23-29)28-18-24-30(25-19-28)21-14-11-8-6-7-9-12-15-26-31;;/h16-19,22-25H,2-15,20-21,26H2,1H3;2*1H/q+1;;/p-1. The van der Waals surface area contributed by atoms with Gasteiger partial charge in [-0.25, -0.2) is 9.13 Å². The number of aromatic nitrogens is 2. The monoisotopic (exact) mass is 600 g/mol. The molecule has 2 rings (SSSR count). The normalized spacial score (nSPS) is 10.5. The first-order valence-electron chi connectivity index (χ1n) is 12.9. The molecule has 0 amide bonds. The number of unbranched alkanes of at least 4 members (excludes halogenated alkanes) is 12. The number of thiol groups is 1. The molecule has 2 heterocycles. The Morgan fingerprint density at radius 2 is 0.848 bits per heavy atom. The molecule has 0 saturated heterocycles. The largest absolute Gasteiger partial charge is 1.00 e. The van der Waals surface area contributed by atoms with Crippen LogP contribution in [0.25, 0.3) is 11.1 Å². The van der Waals surface area contributed by atoms with Gasteiger partial charge in [-0.2, -0.15) is 12.6 Å². The third-order valence-corrected chi connectivity index (χ3v) is 6.53. The lowest BCUT2D eigenvalue weighted by molar-refractivity contribution is -0.697. The number of hydrogen-bond acceptors (Lipinski definition) is 1. The SMILES string of the molecule is CCCCCCCC[n+]1ccc(-c2cc[n+](CCCCCCCCCCS)cc2)cc1.[Br-].[Br-]. The summed E-state index contributed by atoms with van der Waals surface area (Å²) in [6.45, 7) is 4.55. The average molecular weight is 603 g/mol. The maximum atomic E-state index is 4.28. The molecule has 0 unspecified atom stereocenters. The van der Waals surface area contributed by atoms with Gasteiger partial charge in [-0.1, -0.05) is 64.7 Å². The molecule has 188 valence electrons. The van der Waals surface area contributed by atoms with Crippen LogP contribution in [-0.4, -0.2) is 5.75 Å². The molecule has 0 radical (unpaired) electrons. The second-order valence-electron chi connectivity index (χ2n) is 8.97. The van der Waals surface area contributed by atoms with Crippen LogP contribution in [0.5, 0.6) is 0 Å². The molecule has 0 spiro atoms. The van der Waals surface area contributed by atoms with Gasteiger partial charge in [0, 0.05) is 37.1 Å². The Morgan fingerprint density at radius 3 is 1.21 bits per heavy atom. The van der Waals surface area contributed by atoms with Gasteiger partial charge in [0.05, 0.1) is 0 Å². The number of hydrogen-bond donors (Lipinski definition) is 1. The highest BCUT2D eigenvalue weighted by Gasteiger charge is 2.06. The van der Waals surface area contributed by atoms with Crippen LogP contribution >= 0.6 is 12.6 Å². The van der Waals surface area contributed by atoms with Crippen molar-refractivity contribution >= 4 is 12.6 Å². The summed E-state index contributed by atoms with van der Waals surface area (Å²) in [6.07, 6.45) is 27.9. The van der Waals surface area contributed by atoms with Crippen LogP contribution in [0.2, 0.25) is 0 Å². The highest BCUT2D eigenvalue weighted by atomic mass is 79.9. The van der Waals surface area contributed by atoms with Crippen molar-refractivity contribution in [3.05, 3.63) is 49.1 Å². The van der Waals surface area contributed by atoms with Crippen LogP contribution in [0, 0.1) is 0 Å². The molecule has 0 aromatic carbocycles. The lowest BCUT2D eigenvalue weighted by Crippen LogP contribution is -3.00. The Labute approximate surface area is 230 Å². The second kappa shape index (κ2) is 22.1. The molecule has 2 aromatic heterocycles. The van der Waals surface area contributed by atoms with Crippen molar-refractivity contribution in [3.8, 4) is 11.1 Å². The van der Waals surface area contributed by atoms with Crippen molar-refractivity contribution in [2.24, 2.45) is 0 Å². The van der Waals surface area contributed by atoms with E-state index >= 15 is 0 Å². The molecule has 33 heavy (non-hydrogen) atoms. The Balaban J connectivity index is 0.00000512. The summed E-state index contributed by atoms with van der Waals surface area (Å²) in [5, 5.41) is 0. The third-order valence-electron chi connectivity index (χ3n) is 6.21. The summed E-state index contributed by atoms with van der Waals surface area (Å²) < 4.78 is 4.66. The van der Waals surface area contributed by atoms with Crippen molar-refractivity contribution in [1.82, 2.24) is 0 Å². The van der Waals surface area contributed by atoms with Crippen molar-refractivity contribution in [2.45, 2.75) is 110 Å². The van der Waals surface area contributed by atoms with Crippen molar-refractivity contribution in [1.29, 1.82) is 0 Å². The highest BCUT2D eigenvalue weighted by molar-refractivity contribution is 7.80. The van der Waals surface area contributed by atoms with Crippen LogP contribution in [0.15, 0.2) is 49.1 Å². The molecular weight excluding hydrogens is 556 g/mol. The second-order valence-corrected chi connectivity index (χ2v) is 9.42. The number of nitrogens with zero attached hydrogens (tertiary/aromatic N) is 2. The summed E-state index contributed by atoms with van der Waals surface area (Å²) in [5.41, 5.74) is 2.62. The van der Waals surface area contributed by atoms with E-state index in [1.165, 1.54) is 101 Å². The Hall–Kier alpha value is -0.390. The van der Waals surface area contributed by atoms with Gasteiger partial charge in [0.1, 0.15) is 13.1 Å². The zero-order valence-electron chi connectivity index (χ0n) is 20.7. The molecule has 2 aromatic rings. The zero-order valence-corrected chi connectivity index (χ0v) is 24.8. The lowest BCUT2D eigenvalue weighted by Gasteiger charge is -2.03. The van der Waals surface area contributed by atoms with Crippen LogP contribution in [-0.2, 0) is 13.1 Å². The lowest BCUT2D eigenvalue weighted by atomic mass is 10.1. The van der Waals surface area contributed by atoms with Crippen LogP contribution in [0.4, 0.5) is 0 Å². The predicted octanol–water partition coefficient (Wildman–Crippen LogP) is 1.35. The summed E-state index contributed by atoms with van der Waals surface area (Å²) in [5.74, 6) is 1.04. The van der Waals surface area contributed by atoms with Gasteiger partial charge in [0.15, 0.2) is 24.8 Å². The molecule has 0 aliphatic carbocycles. The Bertz CT molecular complexity index is 677. The van der Waals surface area contributed by atoms with Crippen LogP contribution < -0.4 is 43.1 Å². The minimum atomic E-state index is 0. The maximum absolute atomic E-state index is 4.28. The van der Waals surface area contributed by atoms with Gasteiger partial charge in [-0.3, -0.25) is 0 Å². The van der Waals surface area contributed by atoms with E-state index in [9.17, 15) is 0 Å². The third kappa shape index (κ3) is 15.3. The fraction of sp³-hybridized carbons (Fsp3) is 0.643. The van der Waals surface area contributed by atoms with Crippen molar-refractivity contribution < 1.29 is 43.1 Å². The number of rotatable bonds is 18. The van der Waals surface area contributed by atoms with E-state index < -0.39 is 0 Å². The molecule has 2 nitrogen and oxygen atoms in total. The summed E-state index contributed by atoms with van der Waals surface area (Å²) in [6, 6.07) is 9.03. The quantitative estimate of drug-likeness (QED) is 0.150. The van der Waals surface area contributed by atoms with E-state index in [2.05, 4.69) is 77.7 Å². The molecule has 0 aliphatic heterocycles. The van der Waals surface area contributed by atoms with Crippen LogP contribution in [0.3, 0.4) is 0 Å². The van der Waals surface area contributed by atoms with Crippen LogP contribution in [0.1, 0.15) is 96.8 Å². The van der Waals surface area contributed by atoms with Gasteiger partial charge in [-0.05, 0) is 36.1 Å². The first-order valence-corrected chi connectivity index (χ1v) is 13.6. The first-order chi connectivity index (χ1) is 15.3. The van der Waals surface area contributed by atoms with E-state index in [0.29, 0.717) is 0 Å². The zero-order chi connectivity index (χ0) is 22.0. The van der Waals surface area contributed by atoms with Crippen molar-refractivity contribution in [3.63, 3.8) is 0 Å². The molecule has 0 aliphatic rings. The molecule has 0 fully saturated rings. The average Bonchev–Trinajstić information content (AvgIpc) is 2.81. The van der Waals surface area contributed by atoms with E-state index in [1.807, 2.05) is 0 Å². The van der Waals surface area contributed by atoms with E-state index in [0.717, 1.165) is 18.8 Å². The molecule has 5 heteroatoms. The topological polar surface area (TPSA) is 7.76 Å². The Morgan fingerprint density at radius 1 is 0.515 bits per heavy atom. The minimum absolute atomic E-state index is 0. The fourth-order valence-corrected chi connectivity index (χ4v) is 4.36. The number of pyridine rings is 2.